The molecule has 3 nitrogen and oxygen atoms in total. The molecule has 1 amide bonds. The molecule has 19 heavy (non-hydrogen) atoms. The van der Waals surface area contributed by atoms with Crippen LogP contribution in [0.3, 0.4) is 0 Å². The number of amides is 1. The second kappa shape index (κ2) is 5.13. The number of hydrogen-bond donors (Lipinski definition) is 2. The molecule has 0 bridgehead atoms. The van der Waals surface area contributed by atoms with Gasteiger partial charge in [0.25, 0.3) is 5.91 Å². The summed E-state index contributed by atoms with van der Waals surface area (Å²) in [4.78, 5) is 11.6. The number of carbonyl (C=O) groups excluding carboxylic acids is 1. The monoisotopic (exact) mass is 310 g/mol. The van der Waals surface area contributed by atoms with Crippen molar-refractivity contribution in [1.29, 1.82) is 0 Å². The molecule has 0 spiro atoms. The summed E-state index contributed by atoms with van der Waals surface area (Å²) >= 11 is 7.02. The third-order valence-electron chi connectivity index (χ3n) is 2.66. The fraction of sp³-hybridized carbons (Fsp3) is 0.364. The van der Waals surface area contributed by atoms with Gasteiger partial charge in [-0.1, -0.05) is 11.6 Å². The Morgan fingerprint density at radius 2 is 2.16 bits per heavy atom. The van der Waals surface area contributed by atoms with Crippen LogP contribution in [0.5, 0.6) is 0 Å². The number of fused-ring (bicyclic) bond motifs is 1. The number of carbonyl (C=O) groups is 1. The van der Waals surface area contributed by atoms with Crippen LogP contribution in [0.15, 0.2) is 11.0 Å². The van der Waals surface area contributed by atoms with E-state index in [-0.39, 0.29) is 15.5 Å². The molecule has 3 N–H and O–H groups in total. The molecule has 104 valence electrons. The molecule has 0 atom stereocenters. The fourth-order valence-electron chi connectivity index (χ4n) is 1.81. The molecular formula is C11H10ClF3N2OS. The van der Waals surface area contributed by atoms with Crippen molar-refractivity contribution in [2.45, 2.75) is 17.5 Å². The topological polar surface area (TPSA) is 55.1 Å². The van der Waals surface area contributed by atoms with Gasteiger partial charge in [-0.25, -0.2) is 0 Å². The van der Waals surface area contributed by atoms with Gasteiger partial charge in [0, 0.05) is 6.54 Å². The molecule has 0 aliphatic carbocycles. The van der Waals surface area contributed by atoms with E-state index in [4.69, 9.17) is 17.3 Å². The van der Waals surface area contributed by atoms with Crippen molar-refractivity contribution in [1.82, 2.24) is 0 Å². The first kappa shape index (κ1) is 14.3. The molecule has 1 aromatic carbocycles. The molecule has 0 saturated heterocycles. The zero-order chi connectivity index (χ0) is 14.2. The van der Waals surface area contributed by atoms with E-state index in [1.807, 2.05) is 0 Å². The Hall–Kier alpha value is -1.08. The molecule has 0 radical (unpaired) electrons. The average Bonchev–Trinajstić information content (AvgIpc) is 2.53. The van der Waals surface area contributed by atoms with E-state index >= 15 is 0 Å². The Morgan fingerprint density at radius 3 is 2.74 bits per heavy atom. The lowest BCUT2D eigenvalue weighted by Crippen LogP contribution is -2.18. The van der Waals surface area contributed by atoms with Gasteiger partial charge in [-0.15, -0.1) is 11.8 Å². The first-order valence-electron chi connectivity index (χ1n) is 5.42. The number of halogens is 4. The van der Waals surface area contributed by atoms with Crippen molar-refractivity contribution in [3.63, 3.8) is 0 Å². The Kier molecular flexibility index (Phi) is 3.87. The van der Waals surface area contributed by atoms with Crippen LogP contribution in [0, 0.1) is 0 Å². The van der Waals surface area contributed by atoms with Gasteiger partial charge in [0.05, 0.1) is 26.7 Å². The molecule has 1 aliphatic rings. The van der Waals surface area contributed by atoms with Gasteiger partial charge in [0.2, 0.25) is 0 Å². The highest BCUT2D eigenvalue weighted by Crippen LogP contribution is 2.45. The van der Waals surface area contributed by atoms with Gasteiger partial charge >= 0.3 is 6.18 Å². The van der Waals surface area contributed by atoms with Gasteiger partial charge in [-0.3, -0.25) is 4.79 Å². The predicted octanol–water partition coefficient (Wildman–Crippen LogP) is 3.37. The molecule has 8 heteroatoms. The Morgan fingerprint density at radius 1 is 1.47 bits per heavy atom. The normalized spacial score (nSPS) is 15.4. The summed E-state index contributed by atoms with van der Waals surface area (Å²) < 4.78 is 38.7. The molecule has 1 aromatic rings. The minimum Gasteiger partial charge on any atom is -0.383 e. The van der Waals surface area contributed by atoms with Gasteiger partial charge in [0.1, 0.15) is 0 Å². The standard InChI is InChI=1S/C11H10ClF3N2OS/c12-7-6(11(13,14)15)4-5(10(16)18)8-9(7)19-3-1-2-17-8/h4,17H,1-3H2,(H2,16,18). The van der Waals surface area contributed by atoms with Crippen LogP contribution in [0.25, 0.3) is 0 Å². The maximum Gasteiger partial charge on any atom is 0.417 e. The lowest BCUT2D eigenvalue weighted by atomic mass is 10.1. The average molecular weight is 311 g/mol. The number of benzene rings is 1. The van der Waals surface area contributed by atoms with Crippen molar-refractivity contribution in [2.24, 2.45) is 5.73 Å². The van der Waals surface area contributed by atoms with Crippen LogP contribution in [-0.4, -0.2) is 18.2 Å². The maximum absolute atomic E-state index is 12.9. The second-order valence-electron chi connectivity index (χ2n) is 3.98. The van der Waals surface area contributed by atoms with E-state index in [1.165, 1.54) is 11.8 Å². The zero-order valence-corrected chi connectivity index (χ0v) is 11.2. The maximum atomic E-state index is 12.9. The number of anilines is 1. The first-order chi connectivity index (χ1) is 8.82. The van der Waals surface area contributed by atoms with Gasteiger partial charge in [0.15, 0.2) is 0 Å². The number of rotatable bonds is 1. The lowest BCUT2D eigenvalue weighted by molar-refractivity contribution is -0.137. The smallest absolute Gasteiger partial charge is 0.383 e. The van der Waals surface area contributed by atoms with Crippen molar-refractivity contribution < 1.29 is 18.0 Å². The first-order valence-corrected chi connectivity index (χ1v) is 6.79. The van der Waals surface area contributed by atoms with Crippen LogP contribution in [0.1, 0.15) is 22.3 Å². The number of thioether (sulfide) groups is 1. The number of nitrogens with one attached hydrogen (secondary N) is 1. The van der Waals surface area contributed by atoms with Crippen molar-refractivity contribution in [3.8, 4) is 0 Å². The predicted molar refractivity (Wildman–Crippen MR) is 68.8 cm³/mol. The molecule has 0 unspecified atom stereocenters. The third kappa shape index (κ3) is 2.76. The highest BCUT2D eigenvalue weighted by atomic mass is 35.5. The summed E-state index contributed by atoms with van der Waals surface area (Å²) in [7, 11) is 0. The molecule has 1 aliphatic heterocycles. The summed E-state index contributed by atoms with van der Waals surface area (Å²) in [5.74, 6) is -0.285. The minimum atomic E-state index is -4.62. The molecule has 1 heterocycles. The van der Waals surface area contributed by atoms with Gasteiger partial charge in [-0.05, 0) is 18.2 Å². The number of hydrogen-bond acceptors (Lipinski definition) is 3. The van der Waals surface area contributed by atoms with Crippen LogP contribution in [0.2, 0.25) is 5.02 Å². The molecule has 0 fully saturated rings. The Labute approximate surface area is 116 Å². The van der Waals surface area contributed by atoms with Crippen molar-refractivity contribution in [3.05, 3.63) is 22.2 Å². The van der Waals surface area contributed by atoms with Gasteiger partial charge in [-0.2, -0.15) is 13.2 Å². The van der Waals surface area contributed by atoms with E-state index in [0.717, 1.165) is 6.42 Å². The van der Waals surface area contributed by atoms with E-state index in [9.17, 15) is 18.0 Å². The Bertz CT molecular complexity index is 534. The van der Waals surface area contributed by atoms with Gasteiger partial charge < -0.3 is 11.1 Å². The van der Waals surface area contributed by atoms with E-state index < -0.39 is 17.6 Å². The van der Waals surface area contributed by atoms with E-state index in [1.54, 1.807) is 0 Å². The minimum absolute atomic E-state index is 0.180. The Balaban J connectivity index is 2.72. The number of alkyl halides is 3. The molecule has 0 aromatic heterocycles. The summed E-state index contributed by atoms with van der Waals surface area (Å²) in [6.07, 6.45) is -3.86. The zero-order valence-electron chi connectivity index (χ0n) is 9.60. The SMILES string of the molecule is NC(=O)c1cc(C(F)(F)F)c(Cl)c2c1NCCCS2. The summed E-state index contributed by atoms with van der Waals surface area (Å²) in [5.41, 5.74) is 4.24. The third-order valence-corrected chi connectivity index (χ3v) is 4.36. The van der Waals surface area contributed by atoms with Crippen LogP contribution >= 0.6 is 23.4 Å². The fourth-order valence-corrected chi connectivity index (χ4v) is 3.28. The summed E-state index contributed by atoms with van der Waals surface area (Å²) in [6.45, 7) is 0.558. The summed E-state index contributed by atoms with van der Waals surface area (Å²) in [6, 6.07) is 0.711. The molecular weight excluding hydrogens is 301 g/mol. The van der Waals surface area contributed by atoms with E-state index in [0.29, 0.717) is 24.1 Å². The molecule has 2 rings (SSSR count). The van der Waals surface area contributed by atoms with Crippen LogP contribution < -0.4 is 11.1 Å². The number of nitrogens with two attached hydrogens (primary N) is 1. The van der Waals surface area contributed by atoms with E-state index in [2.05, 4.69) is 5.32 Å². The highest BCUT2D eigenvalue weighted by Gasteiger charge is 2.37. The largest absolute Gasteiger partial charge is 0.417 e. The lowest BCUT2D eigenvalue weighted by Gasteiger charge is -2.17. The second-order valence-corrected chi connectivity index (χ2v) is 5.46. The highest BCUT2D eigenvalue weighted by molar-refractivity contribution is 7.99. The van der Waals surface area contributed by atoms with Crippen molar-refractivity contribution >= 4 is 35.0 Å². The number of primary amides is 1. The van der Waals surface area contributed by atoms with Crippen molar-refractivity contribution in [2.75, 3.05) is 17.6 Å². The summed E-state index contributed by atoms with van der Waals surface area (Å²) in [5, 5.41) is 2.54. The van der Waals surface area contributed by atoms with Crippen LogP contribution in [0.4, 0.5) is 18.9 Å². The van der Waals surface area contributed by atoms with Crippen LogP contribution in [-0.2, 0) is 6.18 Å². The quantitative estimate of drug-likeness (QED) is 0.836. The molecule has 0 saturated carbocycles.